The summed E-state index contributed by atoms with van der Waals surface area (Å²) in [6, 6.07) is 13.2. The third-order valence-corrected chi connectivity index (χ3v) is 4.43. The summed E-state index contributed by atoms with van der Waals surface area (Å²) in [5.74, 6) is 0.980. The summed E-state index contributed by atoms with van der Waals surface area (Å²) in [7, 11) is 0. The van der Waals surface area contributed by atoms with Crippen LogP contribution in [0.5, 0.6) is 0 Å². The van der Waals surface area contributed by atoms with Crippen molar-refractivity contribution in [2.45, 2.75) is 19.9 Å². The number of aliphatic hydroxyl groups is 1. The number of carbonyl (C=O) groups excluding carboxylic acids is 2. The van der Waals surface area contributed by atoms with Crippen LogP contribution in [0.4, 0.5) is 5.82 Å². The summed E-state index contributed by atoms with van der Waals surface area (Å²) in [5.41, 5.74) is 1.66. The molecular weight excluding hydrogens is 336 g/mol. The van der Waals surface area contributed by atoms with E-state index in [-0.39, 0.29) is 23.3 Å². The van der Waals surface area contributed by atoms with Gasteiger partial charge in [-0.15, -0.1) is 0 Å². The van der Waals surface area contributed by atoms with Crippen molar-refractivity contribution in [3.63, 3.8) is 0 Å². The molecule has 1 heterocycles. The zero-order chi connectivity index (χ0) is 18.1. The Morgan fingerprint density at radius 2 is 1.92 bits per heavy atom. The van der Waals surface area contributed by atoms with E-state index in [1.165, 1.54) is 6.92 Å². The molecule has 0 bridgehead atoms. The predicted molar refractivity (Wildman–Crippen MR) is 101 cm³/mol. The third-order valence-electron chi connectivity index (χ3n) is 3.62. The molecule has 5 nitrogen and oxygen atoms in total. The molecule has 0 fully saturated rings. The van der Waals surface area contributed by atoms with Crippen molar-refractivity contribution < 1.29 is 14.7 Å². The van der Waals surface area contributed by atoms with Crippen LogP contribution in [0.2, 0.25) is 0 Å². The first kappa shape index (κ1) is 19.1. The van der Waals surface area contributed by atoms with E-state index in [9.17, 15) is 9.59 Å². The summed E-state index contributed by atoms with van der Waals surface area (Å²) in [6.45, 7) is 2.93. The van der Waals surface area contributed by atoms with Crippen molar-refractivity contribution in [3.05, 3.63) is 59.8 Å². The van der Waals surface area contributed by atoms with Gasteiger partial charge >= 0.3 is 0 Å². The van der Waals surface area contributed by atoms with Gasteiger partial charge < -0.3 is 10.0 Å². The minimum Gasteiger partial charge on any atom is -0.396 e. The van der Waals surface area contributed by atoms with E-state index < -0.39 is 0 Å². The minimum absolute atomic E-state index is 0.0476. The van der Waals surface area contributed by atoms with E-state index in [2.05, 4.69) is 9.88 Å². The molecule has 0 saturated heterocycles. The summed E-state index contributed by atoms with van der Waals surface area (Å²) < 4.78 is 0. The van der Waals surface area contributed by atoms with Crippen LogP contribution < -0.4 is 4.90 Å². The number of rotatable bonds is 9. The van der Waals surface area contributed by atoms with Gasteiger partial charge in [0.15, 0.2) is 10.9 Å². The molecule has 0 atom stereocenters. The van der Waals surface area contributed by atoms with Gasteiger partial charge in [0.1, 0.15) is 5.82 Å². The van der Waals surface area contributed by atoms with E-state index in [1.807, 2.05) is 30.3 Å². The molecule has 1 aromatic heterocycles. The number of hydrogen-bond donors (Lipinski definition) is 1. The first-order valence-electron chi connectivity index (χ1n) is 8.12. The maximum absolute atomic E-state index is 12.0. The molecular formula is C19H22N2O3S. The Morgan fingerprint density at radius 1 is 1.16 bits per heavy atom. The van der Waals surface area contributed by atoms with Gasteiger partial charge in [-0.2, -0.15) is 0 Å². The average Bonchev–Trinajstić information content (AvgIpc) is 2.64. The normalized spacial score (nSPS) is 10.5. The number of Topliss-reactive ketones (excluding diaryl/α,β-unsaturated/α-hetero) is 1. The Balaban J connectivity index is 2.04. The summed E-state index contributed by atoms with van der Waals surface area (Å²) in [5, 5.41) is 9.05. The maximum atomic E-state index is 12.0. The number of ketones is 1. The quantitative estimate of drug-likeness (QED) is 0.695. The number of thioether (sulfide) groups is 1. The number of aromatic nitrogens is 1. The van der Waals surface area contributed by atoms with Crippen molar-refractivity contribution in [3.8, 4) is 0 Å². The molecule has 1 N–H and O–H groups in total. The molecule has 0 saturated carbocycles. The third kappa shape index (κ3) is 6.32. The van der Waals surface area contributed by atoms with Crippen LogP contribution in [-0.4, -0.2) is 39.9 Å². The standard InChI is InChI=1S/C19H22N2O3S/c1-15(23)25-14-18(24)17-8-6-16(7-9-17)13-21(11-4-12-22)19-5-2-3-10-20-19/h2-3,5-10,22H,4,11-14H2,1H3. The Morgan fingerprint density at radius 3 is 2.52 bits per heavy atom. The second-order valence-corrected chi connectivity index (χ2v) is 6.74. The average molecular weight is 358 g/mol. The summed E-state index contributed by atoms with van der Waals surface area (Å²) >= 11 is 1.03. The van der Waals surface area contributed by atoms with E-state index in [4.69, 9.17) is 5.11 Å². The van der Waals surface area contributed by atoms with E-state index >= 15 is 0 Å². The number of nitrogens with zero attached hydrogens (tertiary/aromatic N) is 2. The van der Waals surface area contributed by atoms with Crippen LogP contribution in [-0.2, 0) is 11.3 Å². The van der Waals surface area contributed by atoms with E-state index in [0.717, 1.165) is 23.1 Å². The molecule has 6 heteroatoms. The van der Waals surface area contributed by atoms with Crippen LogP contribution >= 0.6 is 11.8 Å². The number of carbonyl (C=O) groups is 2. The van der Waals surface area contributed by atoms with Crippen LogP contribution in [0.1, 0.15) is 29.3 Å². The predicted octanol–water partition coefficient (Wildman–Crippen LogP) is 2.93. The number of anilines is 1. The highest BCUT2D eigenvalue weighted by Crippen LogP contribution is 2.16. The zero-order valence-electron chi connectivity index (χ0n) is 14.2. The van der Waals surface area contributed by atoms with Crippen LogP contribution in [0.25, 0.3) is 0 Å². The molecule has 0 spiro atoms. The molecule has 0 aliphatic carbocycles. The molecule has 1 aromatic carbocycles. The molecule has 25 heavy (non-hydrogen) atoms. The van der Waals surface area contributed by atoms with Gasteiger partial charge in [-0.25, -0.2) is 4.98 Å². The van der Waals surface area contributed by atoms with Crippen molar-refractivity contribution in [1.82, 2.24) is 4.98 Å². The molecule has 132 valence electrons. The molecule has 0 amide bonds. The lowest BCUT2D eigenvalue weighted by Crippen LogP contribution is -2.25. The van der Waals surface area contributed by atoms with Gasteiger partial charge in [0.2, 0.25) is 0 Å². The SMILES string of the molecule is CC(=O)SCC(=O)c1ccc(CN(CCCO)c2ccccn2)cc1. The Kier molecular flexibility index (Phi) is 7.63. The fraction of sp³-hybridized carbons (Fsp3) is 0.316. The van der Waals surface area contributed by atoms with Crippen molar-refractivity contribution in [2.75, 3.05) is 23.8 Å². The van der Waals surface area contributed by atoms with E-state index in [0.29, 0.717) is 25.1 Å². The molecule has 0 aliphatic heterocycles. The van der Waals surface area contributed by atoms with Crippen LogP contribution in [0.3, 0.4) is 0 Å². The maximum Gasteiger partial charge on any atom is 0.186 e. The molecule has 2 aromatic rings. The largest absolute Gasteiger partial charge is 0.396 e. The first-order valence-corrected chi connectivity index (χ1v) is 9.11. The lowest BCUT2D eigenvalue weighted by Gasteiger charge is -2.23. The van der Waals surface area contributed by atoms with Crippen molar-refractivity contribution in [1.29, 1.82) is 0 Å². The van der Waals surface area contributed by atoms with Gasteiger partial charge in [0.25, 0.3) is 0 Å². The topological polar surface area (TPSA) is 70.5 Å². The minimum atomic E-state index is -0.0557. The highest BCUT2D eigenvalue weighted by molar-refractivity contribution is 8.14. The van der Waals surface area contributed by atoms with Gasteiger partial charge in [-0.05, 0) is 24.1 Å². The number of aliphatic hydroxyl groups excluding tert-OH is 1. The Bertz CT molecular complexity index is 690. The van der Waals surface area contributed by atoms with Gasteiger partial charge in [0.05, 0.1) is 5.75 Å². The second-order valence-electron chi connectivity index (χ2n) is 5.59. The Labute approximate surface area is 152 Å². The smallest absolute Gasteiger partial charge is 0.186 e. The number of pyridine rings is 1. The molecule has 2 rings (SSSR count). The van der Waals surface area contributed by atoms with Crippen molar-refractivity contribution in [2.24, 2.45) is 0 Å². The van der Waals surface area contributed by atoms with E-state index in [1.54, 1.807) is 18.3 Å². The number of benzene rings is 1. The molecule has 0 unspecified atom stereocenters. The Hall–Kier alpha value is -2.18. The number of hydrogen-bond acceptors (Lipinski definition) is 6. The van der Waals surface area contributed by atoms with Crippen LogP contribution in [0, 0.1) is 0 Å². The second kappa shape index (κ2) is 9.96. The monoisotopic (exact) mass is 358 g/mol. The highest BCUT2D eigenvalue weighted by Gasteiger charge is 2.10. The van der Waals surface area contributed by atoms with Crippen molar-refractivity contribution >= 4 is 28.5 Å². The molecule has 0 radical (unpaired) electrons. The first-order chi connectivity index (χ1) is 12.1. The fourth-order valence-corrected chi connectivity index (χ4v) is 2.84. The van der Waals surface area contributed by atoms with Gasteiger partial charge in [-0.3, -0.25) is 9.59 Å². The molecule has 0 aliphatic rings. The highest BCUT2D eigenvalue weighted by atomic mass is 32.2. The summed E-state index contributed by atoms with van der Waals surface area (Å²) in [6.07, 6.45) is 2.41. The zero-order valence-corrected chi connectivity index (χ0v) is 15.0. The fourth-order valence-electron chi connectivity index (χ4n) is 2.34. The summed E-state index contributed by atoms with van der Waals surface area (Å²) in [4.78, 5) is 29.4. The van der Waals surface area contributed by atoms with Gasteiger partial charge in [-0.1, -0.05) is 42.1 Å². The van der Waals surface area contributed by atoms with Crippen LogP contribution in [0.15, 0.2) is 48.7 Å². The lowest BCUT2D eigenvalue weighted by molar-refractivity contribution is -0.109. The lowest BCUT2D eigenvalue weighted by atomic mass is 10.1. The van der Waals surface area contributed by atoms with Gasteiger partial charge in [0, 0.05) is 38.4 Å².